The highest BCUT2D eigenvalue weighted by atomic mass is 32.2. The first-order chi connectivity index (χ1) is 7.73. The van der Waals surface area contributed by atoms with Gasteiger partial charge < -0.3 is 16.2 Å². The third-order valence-corrected chi connectivity index (χ3v) is 4.23. The van der Waals surface area contributed by atoms with Gasteiger partial charge in [0.05, 0.1) is 5.41 Å². The van der Waals surface area contributed by atoms with Crippen molar-refractivity contribution < 1.29 is 9.90 Å². The van der Waals surface area contributed by atoms with Crippen molar-refractivity contribution in [3.63, 3.8) is 0 Å². The molecule has 0 aromatic carbocycles. The van der Waals surface area contributed by atoms with E-state index in [0.29, 0.717) is 6.54 Å². The Morgan fingerprint density at radius 3 is 2.35 bits per heavy atom. The molecule has 0 aromatic heterocycles. The van der Waals surface area contributed by atoms with Crippen LogP contribution in [0.4, 0.5) is 0 Å². The molecule has 102 valence electrons. The normalized spacial score (nSPS) is 12.6. The molecule has 0 spiro atoms. The predicted octanol–water partition coefficient (Wildman–Crippen LogP) is 0.982. The lowest BCUT2D eigenvalue weighted by molar-refractivity contribution is -0.132. The topological polar surface area (TPSA) is 75.4 Å². The first kappa shape index (κ1) is 16.7. The molecule has 0 aliphatic carbocycles. The van der Waals surface area contributed by atoms with Gasteiger partial charge in [-0.25, -0.2) is 0 Å². The lowest BCUT2D eigenvalue weighted by Gasteiger charge is -2.36. The minimum absolute atomic E-state index is 0.00671. The van der Waals surface area contributed by atoms with Crippen LogP contribution in [-0.2, 0) is 4.79 Å². The molecular weight excluding hydrogens is 236 g/mol. The number of hydrogen-bond donors (Lipinski definition) is 3. The molecule has 1 amide bonds. The second kappa shape index (κ2) is 7.24. The summed E-state index contributed by atoms with van der Waals surface area (Å²) in [5.41, 5.74) is 4.87. The van der Waals surface area contributed by atoms with Gasteiger partial charge >= 0.3 is 0 Å². The molecule has 0 unspecified atom stereocenters. The van der Waals surface area contributed by atoms with E-state index in [0.717, 1.165) is 17.9 Å². The van der Waals surface area contributed by atoms with Crippen molar-refractivity contribution in [2.24, 2.45) is 11.1 Å². The van der Waals surface area contributed by atoms with Crippen LogP contribution in [0.2, 0.25) is 0 Å². The Kier molecular flexibility index (Phi) is 7.13. The van der Waals surface area contributed by atoms with E-state index in [1.807, 2.05) is 27.7 Å². The van der Waals surface area contributed by atoms with Gasteiger partial charge in [0.15, 0.2) is 0 Å². The Labute approximate surface area is 109 Å². The molecule has 0 atom stereocenters. The van der Waals surface area contributed by atoms with Gasteiger partial charge in [0.2, 0.25) is 5.91 Å². The summed E-state index contributed by atoms with van der Waals surface area (Å²) in [7, 11) is 0. The molecule has 4 nitrogen and oxygen atoms in total. The minimum Gasteiger partial charge on any atom is -0.396 e. The summed E-state index contributed by atoms with van der Waals surface area (Å²) in [6.45, 7) is 8.33. The standard InChI is InChI=1S/C12H26N2O2S/c1-11(2,12(3,4)13)10(16)14-6-9-17-8-5-7-15/h15H,5-9,13H2,1-4H3,(H,14,16). The zero-order valence-electron chi connectivity index (χ0n) is 11.4. The van der Waals surface area contributed by atoms with Crippen molar-refractivity contribution in [2.45, 2.75) is 39.7 Å². The van der Waals surface area contributed by atoms with Crippen LogP contribution < -0.4 is 11.1 Å². The van der Waals surface area contributed by atoms with Crippen molar-refractivity contribution in [1.29, 1.82) is 0 Å². The molecule has 0 aliphatic rings. The number of rotatable bonds is 8. The molecule has 0 fully saturated rings. The van der Waals surface area contributed by atoms with Crippen molar-refractivity contribution in [3.8, 4) is 0 Å². The SMILES string of the molecule is CC(C)(N)C(C)(C)C(=O)NCCSCCCO. The molecule has 4 N–H and O–H groups in total. The summed E-state index contributed by atoms with van der Waals surface area (Å²) < 4.78 is 0. The van der Waals surface area contributed by atoms with E-state index in [4.69, 9.17) is 10.8 Å². The average molecular weight is 262 g/mol. The van der Waals surface area contributed by atoms with Crippen molar-refractivity contribution in [2.75, 3.05) is 24.7 Å². The van der Waals surface area contributed by atoms with Crippen molar-refractivity contribution in [1.82, 2.24) is 5.32 Å². The molecule has 0 aromatic rings. The van der Waals surface area contributed by atoms with E-state index in [9.17, 15) is 4.79 Å². The summed E-state index contributed by atoms with van der Waals surface area (Å²) in [4.78, 5) is 12.0. The Hall–Kier alpha value is -0.260. The molecular formula is C12H26N2O2S. The number of carbonyl (C=O) groups excluding carboxylic acids is 1. The van der Waals surface area contributed by atoms with Crippen LogP contribution in [0.1, 0.15) is 34.1 Å². The molecule has 0 saturated heterocycles. The van der Waals surface area contributed by atoms with Crippen molar-refractivity contribution >= 4 is 17.7 Å². The van der Waals surface area contributed by atoms with E-state index in [2.05, 4.69) is 5.32 Å². The summed E-state index contributed by atoms with van der Waals surface area (Å²) in [5, 5.41) is 11.5. The molecule has 17 heavy (non-hydrogen) atoms. The highest BCUT2D eigenvalue weighted by Crippen LogP contribution is 2.28. The molecule has 0 rings (SSSR count). The third-order valence-electron chi connectivity index (χ3n) is 3.16. The third kappa shape index (κ3) is 5.75. The van der Waals surface area contributed by atoms with Gasteiger partial charge in [-0.1, -0.05) is 0 Å². The number of nitrogens with two attached hydrogens (primary N) is 1. The Bertz CT molecular complexity index is 237. The summed E-state index contributed by atoms with van der Waals surface area (Å²) in [6, 6.07) is 0. The largest absolute Gasteiger partial charge is 0.396 e. The van der Waals surface area contributed by atoms with Gasteiger partial charge in [-0.15, -0.1) is 0 Å². The zero-order chi connectivity index (χ0) is 13.5. The number of nitrogens with one attached hydrogen (secondary N) is 1. The van der Waals surface area contributed by atoms with Gasteiger partial charge in [-0.2, -0.15) is 11.8 Å². The number of aliphatic hydroxyl groups is 1. The van der Waals surface area contributed by atoms with Gasteiger partial charge in [-0.3, -0.25) is 4.79 Å². The van der Waals surface area contributed by atoms with Gasteiger partial charge in [0, 0.05) is 24.4 Å². The van der Waals surface area contributed by atoms with Gasteiger partial charge in [0.25, 0.3) is 0 Å². The monoisotopic (exact) mass is 262 g/mol. The maximum atomic E-state index is 12.0. The zero-order valence-corrected chi connectivity index (χ0v) is 12.2. The van der Waals surface area contributed by atoms with Crippen LogP contribution in [0.15, 0.2) is 0 Å². The summed E-state index contributed by atoms with van der Waals surface area (Å²) in [5.74, 6) is 1.79. The summed E-state index contributed by atoms with van der Waals surface area (Å²) in [6.07, 6.45) is 0.805. The van der Waals surface area contributed by atoms with Crippen LogP contribution in [0.5, 0.6) is 0 Å². The molecule has 0 heterocycles. The quantitative estimate of drug-likeness (QED) is 0.570. The van der Waals surface area contributed by atoms with E-state index in [-0.39, 0.29) is 12.5 Å². The van der Waals surface area contributed by atoms with Gasteiger partial charge in [0.1, 0.15) is 0 Å². The Morgan fingerprint density at radius 2 is 1.88 bits per heavy atom. The first-order valence-corrected chi connectivity index (χ1v) is 7.14. The second-order valence-corrected chi connectivity index (χ2v) is 6.52. The fourth-order valence-electron chi connectivity index (χ4n) is 1.02. The Balaban J connectivity index is 3.87. The number of hydrogen-bond acceptors (Lipinski definition) is 4. The lowest BCUT2D eigenvalue weighted by Crippen LogP contribution is -2.55. The highest BCUT2D eigenvalue weighted by molar-refractivity contribution is 7.99. The smallest absolute Gasteiger partial charge is 0.227 e. The maximum Gasteiger partial charge on any atom is 0.227 e. The number of aliphatic hydroxyl groups excluding tert-OH is 1. The second-order valence-electron chi connectivity index (χ2n) is 5.29. The van der Waals surface area contributed by atoms with Crippen LogP contribution >= 0.6 is 11.8 Å². The van der Waals surface area contributed by atoms with Crippen LogP contribution in [0.25, 0.3) is 0 Å². The van der Waals surface area contributed by atoms with Crippen LogP contribution in [0.3, 0.4) is 0 Å². The molecule has 0 bridgehead atoms. The van der Waals surface area contributed by atoms with Gasteiger partial charge in [-0.05, 0) is 39.9 Å². The molecule has 0 radical (unpaired) electrons. The fraction of sp³-hybridized carbons (Fsp3) is 0.917. The van der Waals surface area contributed by atoms with Crippen molar-refractivity contribution in [3.05, 3.63) is 0 Å². The van der Waals surface area contributed by atoms with E-state index < -0.39 is 11.0 Å². The maximum absolute atomic E-state index is 12.0. The minimum atomic E-state index is -0.581. The number of carbonyl (C=O) groups is 1. The predicted molar refractivity (Wildman–Crippen MR) is 74.1 cm³/mol. The van der Waals surface area contributed by atoms with E-state index >= 15 is 0 Å². The summed E-state index contributed by atoms with van der Waals surface area (Å²) >= 11 is 1.73. The molecule has 5 heteroatoms. The average Bonchev–Trinajstić information content (AvgIpc) is 2.21. The lowest BCUT2D eigenvalue weighted by atomic mass is 9.74. The van der Waals surface area contributed by atoms with E-state index in [1.54, 1.807) is 11.8 Å². The number of thioether (sulfide) groups is 1. The number of amides is 1. The van der Waals surface area contributed by atoms with Crippen LogP contribution in [0, 0.1) is 5.41 Å². The fourth-order valence-corrected chi connectivity index (χ4v) is 1.80. The molecule has 0 saturated carbocycles. The first-order valence-electron chi connectivity index (χ1n) is 5.99. The van der Waals surface area contributed by atoms with E-state index in [1.165, 1.54) is 0 Å². The highest BCUT2D eigenvalue weighted by Gasteiger charge is 2.39. The Morgan fingerprint density at radius 1 is 1.29 bits per heavy atom. The molecule has 0 aliphatic heterocycles. The van der Waals surface area contributed by atoms with Crippen LogP contribution in [-0.4, -0.2) is 41.2 Å².